The van der Waals surface area contributed by atoms with Gasteiger partial charge in [-0.25, -0.2) is 0 Å². The number of halogens is 1. The van der Waals surface area contributed by atoms with Crippen molar-refractivity contribution >= 4 is 11.6 Å². The summed E-state index contributed by atoms with van der Waals surface area (Å²) < 4.78 is 2.06. The standard InChI is InChI=1S/C17H32ClN3/c1-8-10-17(7,12-19-16(4,5)6)11-14-15(18)13(3)20-21(14)9-2/h19H,8-12H2,1-7H3. The van der Waals surface area contributed by atoms with Gasteiger partial charge in [0.25, 0.3) is 0 Å². The van der Waals surface area contributed by atoms with E-state index in [1.807, 2.05) is 6.92 Å². The lowest BCUT2D eigenvalue weighted by Crippen LogP contribution is -2.44. The highest BCUT2D eigenvalue weighted by molar-refractivity contribution is 6.31. The fraction of sp³-hybridized carbons (Fsp3) is 0.824. The van der Waals surface area contributed by atoms with Crippen LogP contribution in [-0.2, 0) is 13.0 Å². The molecule has 0 amide bonds. The van der Waals surface area contributed by atoms with E-state index < -0.39 is 0 Å². The molecule has 1 unspecified atom stereocenters. The minimum atomic E-state index is 0.139. The van der Waals surface area contributed by atoms with E-state index in [0.29, 0.717) is 0 Å². The first-order chi connectivity index (χ1) is 9.62. The predicted molar refractivity (Wildman–Crippen MR) is 92.1 cm³/mol. The second-order valence-corrected chi connectivity index (χ2v) is 7.88. The summed E-state index contributed by atoms with van der Waals surface area (Å²) in [5.41, 5.74) is 2.46. The van der Waals surface area contributed by atoms with Crippen molar-refractivity contribution in [1.29, 1.82) is 0 Å². The third kappa shape index (κ3) is 5.30. The number of aromatic nitrogens is 2. The molecule has 122 valence electrons. The highest BCUT2D eigenvalue weighted by atomic mass is 35.5. The summed E-state index contributed by atoms with van der Waals surface area (Å²) in [5.74, 6) is 0. The van der Waals surface area contributed by atoms with Gasteiger partial charge in [-0.3, -0.25) is 4.68 Å². The Bertz CT molecular complexity index is 459. The molecule has 0 spiro atoms. The third-order valence-electron chi connectivity index (χ3n) is 3.95. The summed E-state index contributed by atoms with van der Waals surface area (Å²) in [5, 5.41) is 9.05. The molecule has 1 aromatic heterocycles. The number of rotatable bonds is 7. The molecule has 1 rings (SSSR count). The molecule has 3 nitrogen and oxygen atoms in total. The summed E-state index contributed by atoms with van der Waals surface area (Å²) in [6, 6.07) is 0. The van der Waals surface area contributed by atoms with E-state index in [1.165, 1.54) is 18.5 Å². The molecule has 0 aliphatic rings. The first kappa shape index (κ1) is 18.5. The van der Waals surface area contributed by atoms with Crippen LogP contribution in [0.1, 0.15) is 65.8 Å². The average molecular weight is 314 g/mol. The lowest BCUT2D eigenvalue weighted by atomic mass is 9.80. The number of nitrogens with one attached hydrogen (secondary N) is 1. The van der Waals surface area contributed by atoms with Crippen LogP contribution in [0.3, 0.4) is 0 Å². The molecule has 1 heterocycles. The Labute approximate surface area is 135 Å². The summed E-state index contributed by atoms with van der Waals surface area (Å²) in [6.45, 7) is 17.2. The fourth-order valence-electron chi connectivity index (χ4n) is 2.76. The first-order valence-corrected chi connectivity index (χ1v) is 8.46. The van der Waals surface area contributed by atoms with Gasteiger partial charge in [0.05, 0.1) is 16.4 Å². The van der Waals surface area contributed by atoms with Crippen LogP contribution in [0.15, 0.2) is 0 Å². The molecule has 0 bridgehead atoms. The van der Waals surface area contributed by atoms with Crippen molar-refractivity contribution in [2.45, 2.75) is 79.8 Å². The van der Waals surface area contributed by atoms with Crippen molar-refractivity contribution in [2.75, 3.05) is 6.54 Å². The molecule has 0 saturated heterocycles. The number of hydrogen-bond donors (Lipinski definition) is 1. The maximum atomic E-state index is 6.49. The number of hydrogen-bond acceptors (Lipinski definition) is 2. The topological polar surface area (TPSA) is 29.9 Å². The number of aryl methyl sites for hydroxylation is 2. The largest absolute Gasteiger partial charge is 0.312 e. The van der Waals surface area contributed by atoms with Crippen molar-refractivity contribution in [3.63, 3.8) is 0 Å². The second kappa shape index (κ2) is 7.15. The van der Waals surface area contributed by atoms with Crippen LogP contribution in [0.4, 0.5) is 0 Å². The molecule has 1 aromatic rings. The quantitative estimate of drug-likeness (QED) is 0.797. The molecular weight excluding hydrogens is 282 g/mol. The van der Waals surface area contributed by atoms with Crippen LogP contribution in [0.2, 0.25) is 5.02 Å². The number of nitrogens with zero attached hydrogens (tertiary/aromatic N) is 2. The maximum absolute atomic E-state index is 6.49. The Balaban J connectivity index is 2.97. The molecule has 1 N–H and O–H groups in total. The zero-order valence-electron chi connectivity index (χ0n) is 14.8. The van der Waals surface area contributed by atoms with Gasteiger partial charge in [-0.2, -0.15) is 5.10 Å². The van der Waals surface area contributed by atoms with Crippen LogP contribution in [0.25, 0.3) is 0 Å². The van der Waals surface area contributed by atoms with Gasteiger partial charge in [-0.1, -0.05) is 31.9 Å². The summed E-state index contributed by atoms with van der Waals surface area (Å²) in [7, 11) is 0. The smallest absolute Gasteiger partial charge is 0.0847 e. The fourth-order valence-corrected chi connectivity index (χ4v) is 2.97. The molecule has 0 fully saturated rings. The molecule has 21 heavy (non-hydrogen) atoms. The van der Waals surface area contributed by atoms with Gasteiger partial charge >= 0.3 is 0 Å². The van der Waals surface area contributed by atoms with E-state index in [0.717, 1.165) is 30.2 Å². The van der Waals surface area contributed by atoms with Gasteiger partial charge in [-0.15, -0.1) is 0 Å². The van der Waals surface area contributed by atoms with Crippen LogP contribution >= 0.6 is 11.6 Å². The lowest BCUT2D eigenvalue weighted by Gasteiger charge is -2.34. The van der Waals surface area contributed by atoms with E-state index in [2.05, 4.69) is 56.6 Å². The molecule has 1 atom stereocenters. The zero-order chi connectivity index (χ0) is 16.3. The Kier molecular flexibility index (Phi) is 6.30. The highest BCUT2D eigenvalue weighted by Gasteiger charge is 2.29. The summed E-state index contributed by atoms with van der Waals surface area (Å²) in [4.78, 5) is 0. The second-order valence-electron chi connectivity index (χ2n) is 7.50. The Morgan fingerprint density at radius 2 is 1.81 bits per heavy atom. The van der Waals surface area contributed by atoms with Crippen molar-refractivity contribution in [1.82, 2.24) is 15.1 Å². The Hall–Kier alpha value is -0.540. The maximum Gasteiger partial charge on any atom is 0.0847 e. The van der Waals surface area contributed by atoms with Crippen molar-refractivity contribution in [2.24, 2.45) is 5.41 Å². The Morgan fingerprint density at radius 1 is 1.19 bits per heavy atom. The SMILES string of the molecule is CCCC(C)(CNC(C)(C)C)Cc1c(Cl)c(C)nn1CC. The molecule has 0 aliphatic heterocycles. The average Bonchev–Trinajstić information content (AvgIpc) is 2.64. The van der Waals surface area contributed by atoms with E-state index >= 15 is 0 Å². The molecular formula is C17H32ClN3. The van der Waals surface area contributed by atoms with Crippen molar-refractivity contribution in [3.05, 3.63) is 16.4 Å². The van der Waals surface area contributed by atoms with Gasteiger partial charge in [0.1, 0.15) is 0 Å². The van der Waals surface area contributed by atoms with E-state index in [4.69, 9.17) is 11.6 Å². The van der Waals surface area contributed by atoms with Gasteiger partial charge in [0, 0.05) is 18.6 Å². The van der Waals surface area contributed by atoms with Crippen LogP contribution in [0, 0.1) is 12.3 Å². The lowest BCUT2D eigenvalue weighted by molar-refractivity contribution is 0.239. The van der Waals surface area contributed by atoms with Crippen LogP contribution < -0.4 is 5.32 Å². The van der Waals surface area contributed by atoms with Gasteiger partial charge < -0.3 is 5.32 Å². The highest BCUT2D eigenvalue weighted by Crippen LogP contribution is 2.32. The van der Waals surface area contributed by atoms with Crippen LogP contribution in [0.5, 0.6) is 0 Å². The zero-order valence-corrected chi connectivity index (χ0v) is 15.6. The van der Waals surface area contributed by atoms with Gasteiger partial charge in [-0.05, 0) is 52.9 Å². The molecule has 0 aliphatic carbocycles. The molecule has 0 radical (unpaired) electrons. The predicted octanol–water partition coefficient (Wildman–Crippen LogP) is 4.60. The summed E-state index contributed by atoms with van der Waals surface area (Å²) >= 11 is 6.49. The molecule has 4 heteroatoms. The monoisotopic (exact) mass is 313 g/mol. The Morgan fingerprint density at radius 3 is 2.29 bits per heavy atom. The molecule has 0 aromatic carbocycles. The van der Waals surface area contributed by atoms with E-state index in [9.17, 15) is 0 Å². The summed E-state index contributed by atoms with van der Waals surface area (Å²) in [6.07, 6.45) is 3.33. The van der Waals surface area contributed by atoms with Gasteiger partial charge in [0.15, 0.2) is 0 Å². The third-order valence-corrected chi connectivity index (χ3v) is 4.44. The van der Waals surface area contributed by atoms with E-state index in [-0.39, 0.29) is 11.0 Å². The van der Waals surface area contributed by atoms with Gasteiger partial charge in [0.2, 0.25) is 0 Å². The van der Waals surface area contributed by atoms with Crippen molar-refractivity contribution in [3.8, 4) is 0 Å². The first-order valence-electron chi connectivity index (χ1n) is 8.08. The van der Waals surface area contributed by atoms with E-state index in [1.54, 1.807) is 0 Å². The minimum absolute atomic E-state index is 0.139. The molecule has 0 saturated carbocycles. The normalized spacial score (nSPS) is 15.2. The van der Waals surface area contributed by atoms with Crippen molar-refractivity contribution < 1.29 is 0 Å². The van der Waals surface area contributed by atoms with Crippen LogP contribution in [-0.4, -0.2) is 21.9 Å². The minimum Gasteiger partial charge on any atom is -0.312 e.